The minimum absolute atomic E-state index is 0.227. The van der Waals surface area contributed by atoms with Gasteiger partial charge in [-0.2, -0.15) is 5.10 Å². The van der Waals surface area contributed by atoms with Gasteiger partial charge in [0.15, 0.2) is 5.82 Å². The molecule has 0 saturated heterocycles. The van der Waals surface area contributed by atoms with Gasteiger partial charge >= 0.3 is 6.03 Å². The summed E-state index contributed by atoms with van der Waals surface area (Å²) < 4.78 is 10.6. The molecule has 0 atom stereocenters. The lowest BCUT2D eigenvalue weighted by Gasteiger charge is -2.17. The molecule has 3 N–H and O–H groups in total. The van der Waals surface area contributed by atoms with Crippen molar-refractivity contribution in [2.24, 2.45) is 0 Å². The summed E-state index contributed by atoms with van der Waals surface area (Å²) in [5, 5.41) is 12.7. The molecule has 154 valence electrons. The highest BCUT2D eigenvalue weighted by atomic mass is 16.5. The van der Waals surface area contributed by atoms with Gasteiger partial charge in [0.25, 0.3) is 5.91 Å². The van der Waals surface area contributed by atoms with Crippen molar-refractivity contribution in [2.45, 2.75) is 13.1 Å². The van der Waals surface area contributed by atoms with Crippen LogP contribution in [0.25, 0.3) is 0 Å². The molecular weight excluding hydrogens is 386 g/mol. The van der Waals surface area contributed by atoms with Crippen LogP contribution in [0.3, 0.4) is 0 Å². The normalized spacial score (nSPS) is 12.3. The maximum absolute atomic E-state index is 12.9. The predicted molar refractivity (Wildman–Crippen MR) is 111 cm³/mol. The van der Waals surface area contributed by atoms with E-state index in [1.165, 1.54) is 14.2 Å². The van der Waals surface area contributed by atoms with E-state index < -0.39 is 5.91 Å². The summed E-state index contributed by atoms with van der Waals surface area (Å²) in [5.74, 6) is 0.745. The fourth-order valence-electron chi connectivity index (χ4n) is 3.36. The maximum atomic E-state index is 12.9. The monoisotopic (exact) mass is 407 g/mol. The third-order valence-corrected chi connectivity index (χ3v) is 4.85. The first-order valence-corrected chi connectivity index (χ1v) is 9.30. The second-order valence-corrected chi connectivity index (χ2v) is 6.67. The zero-order chi connectivity index (χ0) is 21.1. The molecule has 2 heterocycles. The lowest BCUT2D eigenvalue weighted by molar-refractivity contribution is 0.102. The number of methoxy groups -OCH3 is 2. The number of nitrogens with one attached hydrogen (secondary N) is 3. The number of benzene rings is 2. The number of fused-ring (bicyclic) bond motifs is 1. The Balaban J connectivity index is 1.49. The van der Waals surface area contributed by atoms with Crippen LogP contribution >= 0.6 is 0 Å². The molecule has 1 aliphatic heterocycles. The molecule has 30 heavy (non-hydrogen) atoms. The number of aromatic nitrogens is 2. The number of rotatable bonds is 5. The SMILES string of the molecule is COc1cccc(OC)c1C(=O)Nc1n[nH]c2c1CN(C(=O)Nc1ccccc1)C2. The van der Waals surface area contributed by atoms with Gasteiger partial charge in [0.05, 0.1) is 33.0 Å². The fourth-order valence-corrected chi connectivity index (χ4v) is 3.36. The molecule has 4 rings (SSSR count). The number of amides is 3. The van der Waals surface area contributed by atoms with Gasteiger partial charge in [-0.15, -0.1) is 0 Å². The number of nitrogens with zero attached hydrogens (tertiary/aromatic N) is 2. The van der Waals surface area contributed by atoms with Crippen molar-refractivity contribution < 1.29 is 19.1 Å². The number of hydrogen-bond acceptors (Lipinski definition) is 5. The van der Waals surface area contributed by atoms with E-state index in [4.69, 9.17) is 9.47 Å². The number of urea groups is 1. The standard InChI is InChI=1S/C21H21N5O4/c1-29-16-9-6-10-17(30-2)18(16)20(27)23-19-14-11-26(12-15(14)24-25-19)21(28)22-13-7-4-3-5-8-13/h3-10H,11-12H2,1-2H3,(H,22,28)(H2,23,24,25,27). The number of H-pyrrole nitrogens is 1. The summed E-state index contributed by atoms with van der Waals surface area (Å²) in [6, 6.07) is 14.1. The quantitative estimate of drug-likeness (QED) is 0.602. The van der Waals surface area contributed by atoms with E-state index in [0.717, 1.165) is 11.3 Å². The molecule has 3 aromatic rings. The summed E-state index contributed by atoms with van der Waals surface area (Å²) in [6.07, 6.45) is 0. The molecular formula is C21H21N5O4. The smallest absolute Gasteiger partial charge is 0.322 e. The molecule has 1 aromatic heterocycles. The first kappa shape index (κ1) is 19.3. The molecule has 3 amide bonds. The zero-order valence-corrected chi connectivity index (χ0v) is 16.6. The Hall–Kier alpha value is -4.01. The Morgan fingerprint density at radius 3 is 2.33 bits per heavy atom. The van der Waals surface area contributed by atoms with Crippen LogP contribution in [0.15, 0.2) is 48.5 Å². The first-order valence-electron chi connectivity index (χ1n) is 9.30. The zero-order valence-electron chi connectivity index (χ0n) is 16.6. The van der Waals surface area contributed by atoms with E-state index in [-0.39, 0.29) is 11.6 Å². The van der Waals surface area contributed by atoms with Crippen LogP contribution in [0.5, 0.6) is 11.5 Å². The topological polar surface area (TPSA) is 109 Å². The minimum atomic E-state index is -0.411. The predicted octanol–water partition coefficient (Wildman–Crippen LogP) is 3.23. The number of anilines is 2. The first-order chi connectivity index (χ1) is 14.6. The van der Waals surface area contributed by atoms with Crippen LogP contribution in [0, 0.1) is 0 Å². The third-order valence-electron chi connectivity index (χ3n) is 4.85. The molecule has 9 nitrogen and oxygen atoms in total. The highest BCUT2D eigenvalue weighted by Gasteiger charge is 2.30. The van der Waals surface area contributed by atoms with Crippen molar-refractivity contribution in [3.63, 3.8) is 0 Å². The summed E-state index contributed by atoms with van der Waals surface area (Å²) in [5.41, 5.74) is 2.53. The number of ether oxygens (including phenoxy) is 2. The van der Waals surface area contributed by atoms with Crippen molar-refractivity contribution in [3.8, 4) is 11.5 Å². The van der Waals surface area contributed by atoms with E-state index in [1.54, 1.807) is 23.1 Å². The summed E-state index contributed by atoms with van der Waals surface area (Å²) >= 11 is 0. The van der Waals surface area contributed by atoms with E-state index in [2.05, 4.69) is 20.8 Å². The van der Waals surface area contributed by atoms with Gasteiger partial charge in [0, 0.05) is 11.3 Å². The molecule has 2 aromatic carbocycles. The Morgan fingerprint density at radius 2 is 1.67 bits per heavy atom. The summed E-state index contributed by atoms with van der Waals surface area (Å²) in [7, 11) is 2.97. The Labute approximate surface area is 173 Å². The number of hydrogen-bond donors (Lipinski definition) is 3. The number of carbonyl (C=O) groups excluding carboxylic acids is 2. The number of aromatic amines is 1. The molecule has 0 spiro atoms. The van der Waals surface area contributed by atoms with Gasteiger partial charge in [-0.05, 0) is 24.3 Å². The second-order valence-electron chi connectivity index (χ2n) is 6.67. The van der Waals surface area contributed by atoms with E-state index >= 15 is 0 Å². The largest absolute Gasteiger partial charge is 0.496 e. The molecule has 0 fully saturated rings. The molecule has 0 radical (unpaired) electrons. The van der Waals surface area contributed by atoms with Crippen LogP contribution in [0.1, 0.15) is 21.6 Å². The van der Waals surface area contributed by atoms with Gasteiger partial charge in [0.1, 0.15) is 17.1 Å². The molecule has 0 bridgehead atoms. The van der Waals surface area contributed by atoms with Gasteiger partial charge in [-0.25, -0.2) is 4.79 Å². The minimum Gasteiger partial charge on any atom is -0.496 e. The third kappa shape index (κ3) is 3.64. The van der Waals surface area contributed by atoms with E-state index in [9.17, 15) is 9.59 Å². The van der Waals surface area contributed by atoms with E-state index in [1.807, 2.05) is 30.3 Å². The Morgan fingerprint density at radius 1 is 0.967 bits per heavy atom. The summed E-state index contributed by atoms with van der Waals surface area (Å²) in [4.78, 5) is 27.1. The Bertz CT molecular complexity index is 1060. The molecule has 0 saturated carbocycles. The molecule has 1 aliphatic rings. The highest BCUT2D eigenvalue weighted by molar-refractivity contribution is 6.08. The molecule has 9 heteroatoms. The van der Waals surface area contributed by atoms with Crippen LogP contribution in [0.4, 0.5) is 16.3 Å². The van der Waals surface area contributed by atoms with Gasteiger partial charge in [-0.1, -0.05) is 24.3 Å². The van der Waals surface area contributed by atoms with Crippen LogP contribution in [0.2, 0.25) is 0 Å². The van der Waals surface area contributed by atoms with Crippen molar-refractivity contribution in [2.75, 3.05) is 24.9 Å². The van der Waals surface area contributed by atoms with Crippen LogP contribution in [-0.2, 0) is 13.1 Å². The second kappa shape index (κ2) is 8.16. The average Bonchev–Trinajstić information content (AvgIpc) is 3.35. The average molecular weight is 407 g/mol. The lowest BCUT2D eigenvalue weighted by Crippen LogP contribution is -2.30. The van der Waals surface area contributed by atoms with Gasteiger partial charge in [0.2, 0.25) is 0 Å². The highest BCUT2D eigenvalue weighted by Crippen LogP contribution is 2.31. The van der Waals surface area contributed by atoms with Crippen molar-refractivity contribution in [1.29, 1.82) is 0 Å². The van der Waals surface area contributed by atoms with Crippen molar-refractivity contribution >= 4 is 23.4 Å². The van der Waals surface area contributed by atoms with Crippen molar-refractivity contribution in [1.82, 2.24) is 15.1 Å². The summed E-state index contributed by atoms with van der Waals surface area (Å²) in [6.45, 7) is 0.692. The number of para-hydroxylation sites is 1. The molecule has 0 aliphatic carbocycles. The Kier molecular flexibility index (Phi) is 5.25. The van der Waals surface area contributed by atoms with E-state index in [0.29, 0.717) is 36.1 Å². The van der Waals surface area contributed by atoms with Gasteiger partial charge in [-0.3, -0.25) is 9.89 Å². The van der Waals surface area contributed by atoms with Crippen LogP contribution in [-0.4, -0.2) is 41.3 Å². The lowest BCUT2D eigenvalue weighted by atomic mass is 10.1. The van der Waals surface area contributed by atoms with Crippen molar-refractivity contribution in [3.05, 3.63) is 65.4 Å². The fraction of sp³-hybridized carbons (Fsp3) is 0.190. The maximum Gasteiger partial charge on any atom is 0.322 e. The van der Waals surface area contributed by atoms with Gasteiger partial charge < -0.3 is 25.0 Å². The molecule has 0 unspecified atom stereocenters. The number of carbonyl (C=O) groups is 2. The van der Waals surface area contributed by atoms with Crippen LogP contribution < -0.4 is 20.1 Å².